The van der Waals surface area contributed by atoms with Crippen LogP contribution in [0, 0.1) is 0 Å². The lowest BCUT2D eigenvalue weighted by Gasteiger charge is -2.20. The van der Waals surface area contributed by atoms with Gasteiger partial charge in [-0.3, -0.25) is 11.3 Å². The molecule has 0 amide bonds. The van der Waals surface area contributed by atoms with Gasteiger partial charge in [0.1, 0.15) is 0 Å². The maximum atomic E-state index is 11.1. The van der Waals surface area contributed by atoms with Crippen molar-refractivity contribution in [2.75, 3.05) is 6.54 Å². The molecule has 0 saturated heterocycles. The summed E-state index contributed by atoms with van der Waals surface area (Å²) in [7, 11) is -9.02. The van der Waals surface area contributed by atoms with Gasteiger partial charge in [-0.25, -0.2) is 0 Å². The molecule has 3 atom stereocenters. The molecule has 0 bridgehead atoms. The van der Waals surface area contributed by atoms with Gasteiger partial charge in [-0.1, -0.05) is 48.5 Å². The molecule has 0 heterocycles. The standard InChI is InChI=1S/C16H22N2O6P2/c17-18-11-14(13-5-9-16(10-6-13)26(22,23)24)4-1-12-2-7-15(8-3-12)25(19,20)21/h2-3,5-10,14,18H,1,4,11,17H2,(H2,19,20,21)(H2,22,23,24)/p-2. The van der Waals surface area contributed by atoms with Crippen LogP contribution in [-0.2, 0) is 15.6 Å². The lowest BCUT2D eigenvalue weighted by Crippen LogP contribution is -2.28. The van der Waals surface area contributed by atoms with Gasteiger partial charge in [0.25, 0.3) is 0 Å². The van der Waals surface area contributed by atoms with Crippen molar-refractivity contribution in [2.45, 2.75) is 18.8 Å². The summed E-state index contributed by atoms with van der Waals surface area (Å²) >= 11 is 0. The van der Waals surface area contributed by atoms with Crippen LogP contribution in [0.1, 0.15) is 23.5 Å². The van der Waals surface area contributed by atoms with Crippen molar-refractivity contribution >= 4 is 25.8 Å². The Morgan fingerprint density at radius 2 is 1.38 bits per heavy atom. The molecule has 8 nitrogen and oxygen atoms in total. The fourth-order valence-corrected chi connectivity index (χ4v) is 3.71. The van der Waals surface area contributed by atoms with E-state index in [0.29, 0.717) is 19.4 Å². The molecule has 2 aromatic rings. The fourth-order valence-electron chi connectivity index (χ4n) is 2.66. The summed E-state index contributed by atoms with van der Waals surface area (Å²) in [5, 5.41) is -0.287. The molecule has 5 N–H and O–H groups in total. The number of hydrogen-bond acceptors (Lipinski definition) is 6. The summed E-state index contributed by atoms with van der Waals surface area (Å²) in [4.78, 5) is 40.3. The van der Waals surface area contributed by atoms with Gasteiger partial charge in [-0.05, 0) is 29.9 Å². The first kappa shape index (κ1) is 21.0. The monoisotopic (exact) mass is 398 g/mol. The van der Waals surface area contributed by atoms with Gasteiger partial charge in [0, 0.05) is 17.2 Å². The van der Waals surface area contributed by atoms with E-state index in [-0.39, 0.29) is 16.5 Å². The molecule has 26 heavy (non-hydrogen) atoms. The van der Waals surface area contributed by atoms with E-state index < -0.39 is 15.2 Å². The van der Waals surface area contributed by atoms with Crippen LogP contribution in [0.25, 0.3) is 0 Å². The first-order chi connectivity index (χ1) is 12.1. The Bertz CT molecular complexity index is 814. The topological polar surface area (TPSA) is 159 Å². The van der Waals surface area contributed by atoms with E-state index >= 15 is 0 Å². The maximum Gasteiger partial charge on any atom is 0.162 e. The Balaban J connectivity index is 2.08. The van der Waals surface area contributed by atoms with Crippen LogP contribution < -0.4 is 31.7 Å². The number of benzene rings is 2. The molecule has 10 heteroatoms. The molecular weight excluding hydrogens is 378 g/mol. The third-order valence-electron chi connectivity index (χ3n) is 4.10. The van der Waals surface area contributed by atoms with Crippen molar-refractivity contribution in [1.82, 2.24) is 5.43 Å². The average Bonchev–Trinajstić information content (AvgIpc) is 2.57. The van der Waals surface area contributed by atoms with E-state index in [1.54, 1.807) is 24.3 Å². The highest BCUT2D eigenvalue weighted by Gasteiger charge is 2.14. The minimum absolute atomic E-state index is 0.0121. The number of rotatable bonds is 8. The molecule has 0 spiro atoms. The van der Waals surface area contributed by atoms with E-state index in [0.717, 1.165) is 11.1 Å². The van der Waals surface area contributed by atoms with Crippen LogP contribution in [0.3, 0.4) is 0 Å². The Morgan fingerprint density at radius 3 is 1.81 bits per heavy atom. The molecule has 0 saturated carbocycles. The van der Waals surface area contributed by atoms with Crippen molar-refractivity contribution in [3.63, 3.8) is 0 Å². The molecule has 2 rings (SSSR count). The summed E-state index contributed by atoms with van der Waals surface area (Å²) in [6, 6.07) is 11.9. The molecule has 142 valence electrons. The van der Waals surface area contributed by atoms with E-state index in [4.69, 9.17) is 15.6 Å². The lowest BCUT2D eigenvalue weighted by molar-refractivity contribution is -0.190. The zero-order valence-electron chi connectivity index (χ0n) is 13.8. The Morgan fingerprint density at radius 1 is 0.923 bits per heavy atom. The number of hydrogen-bond donors (Lipinski definition) is 4. The Labute approximate surface area is 151 Å². The molecule has 0 fully saturated rings. The highest BCUT2D eigenvalue weighted by Crippen LogP contribution is 2.30. The number of nitrogens with two attached hydrogens (primary N) is 1. The minimum Gasteiger partial charge on any atom is -0.775 e. The predicted molar refractivity (Wildman–Crippen MR) is 95.1 cm³/mol. The normalized spacial score (nSPS) is 17.3. The summed E-state index contributed by atoms with van der Waals surface area (Å²) in [6.45, 7) is 0.456. The Kier molecular flexibility index (Phi) is 6.91. The average molecular weight is 398 g/mol. The van der Waals surface area contributed by atoms with Crippen molar-refractivity contribution in [1.29, 1.82) is 0 Å². The molecule has 0 aromatic heterocycles. The van der Waals surface area contributed by atoms with Crippen LogP contribution in [0.5, 0.6) is 0 Å². The molecule has 0 aliphatic carbocycles. The van der Waals surface area contributed by atoms with Crippen molar-refractivity contribution < 1.29 is 28.7 Å². The van der Waals surface area contributed by atoms with Crippen molar-refractivity contribution in [3.8, 4) is 0 Å². The van der Waals surface area contributed by atoms with E-state index in [2.05, 4.69) is 5.43 Å². The highest BCUT2D eigenvalue weighted by molar-refractivity contribution is 7.59. The maximum absolute atomic E-state index is 11.1. The number of aryl methyl sites for hydroxylation is 1. The highest BCUT2D eigenvalue weighted by atomic mass is 31.2. The smallest absolute Gasteiger partial charge is 0.162 e. The van der Waals surface area contributed by atoms with Gasteiger partial charge in [0.2, 0.25) is 0 Å². The third-order valence-corrected chi connectivity index (χ3v) is 6.00. The molecular formula is C16H20N2O6P2-2. The second-order valence-electron chi connectivity index (χ2n) is 5.94. The van der Waals surface area contributed by atoms with E-state index in [9.17, 15) is 18.9 Å². The Hall–Kier alpha value is -1.34. The first-order valence-electron chi connectivity index (χ1n) is 7.82. The van der Waals surface area contributed by atoms with Crippen molar-refractivity contribution in [3.05, 3.63) is 59.7 Å². The van der Waals surface area contributed by atoms with Crippen LogP contribution in [-0.4, -0.2) is 16.3 Å². The van der Waals surface area contributed by atoms with Crippen LogP contribution in [0.4, 0.5) is 0 Å². The van der Waals surface area contributed by atoms with Gasteiger partial charge in [-0.2, -0.15) is 0 Å². The van der Waals surface area contributed by atoms with Crippen molar-refractivity contribution in [2.24, 2.45) is 5.84 Å². The number of nitrogens with one attached hydrogen (secondary N) is 1. The van der Waals surface area contributed by atoms with Crippen LogP contribution >= 0.6 is 15.2 Å². The second-order valence-corrected chi connectivity index (χ2v) is 9.06. The molecule has 2 aromatic carbocycles. The summed E-state index contributed by atoms with van der Waals surface area (Å²) < 4.78 is 22.2. The largest absolute Gasteiger partial charge is 0.775 e. The molecule has 0 radical (unpaired) electrons. The minimum atomic E-state index is -4.52. The van der Waals surface area contributed by atoms with Gasteiger partial charge in [-0.15, -0.1) is 0 Å². The van der Waals surface area contributed by atoms with Gasteiger partial charge in [0.05, 0.1) is 0 Å². The molecule has 3 unspecified atom stereocenters. The van der Waals surface area contributed by atoms with E-state index in [1.165, 1.54) is 24.3 Å². The van der Waals surface area contributed by atoms with Gasteiger partial charge in [0.15, 0.2) is 15.2 Å². The zero-order chi connectivity index (χ0) is 19.4. The van der Waals surface area contributed by atoms with Crippen LogP contribution in [0.15, 0.2) is 48.5 Å². The number of hydrazine groups is 1. The van der Waals surface area contributed by atoms with Gasteiger partial charge >= 0.3 is 0 Å². The summed E-state index contributed by atoms with van der Waals surface area (Å²) in [5.74, 6) is 5.41. The third kappa shape index (κ3) is 5.84. The SMILES string of the molecule is NNCC(CCc1ccc(P(=O)([O-])O)cc1)c1ccc(P(=O)([O-])O)cc1. The van der Waals surface area contributed by atoms with E-state index in [1.807, 2.05) is 0 Å². The fraction of sp³-hybridized carbons (Fsp3) is 0.250. The molecule has 0 aliphatic heterocycles. The lowest BCUT2D eigenvalue weighted by atomic mass is 9.92. The summed E-state index contributed by atoms with van der Waals surface area (Å²) in [5.41, 5.74) is 4.35. The van der Waals surface area contributed by atoms with Gasteiger partial charge < -0.3 is 28.7 Å². The first-order valence-corrected chi connectivity index (χ1v) is 11.0. The predicted octanol–water partition coefficient (Wildman–Crippen LogP) is -0.792. The summed E-state index contributed by atoms with van der Waals surface area (Å²) in [6.07, 6.45) is 1.30. The van der Waals surface area contributed by atoms with Crippen LogP contribution in [0.2, 0.25) is 0 Å². The molecule has 0 aliphatic rings. The quantitative estimate of drug-likeness (QED) is 0.256. The zero-order valence-corrected chi connectivity index (χ0v) is 15.6. The second kappa shape index (κ2) is 8.57.